The van der Waals surface area contributed by atoms with E-state index in [9.17, 15) is 18.0 Å². The number of hydrogen-bond donors (Lipinski definition) is 3. The molecule has 0 unspecified atom stereocenters. The SMILES string of the molecule is Cc1cc(-c2cnc3c(NCCC(F)(F)F)nc(-c4cn[nH]c4)cn23)ccc1C(=O)NC1CC1. The summed E-state index contributed by atoms with van der Waals surface area (Å²) < 4.78 is 39.8. The molecule has 0 spiro atoms. The number of halogens is 3. The molecule has 0 saturated heterocycles. The number of aromatic amines is 1. The van der Waals surface area contributed by atoms with Gasteiger partial charge in [-0.2, -0.15) is 18.3 Å². The number of nitrogens with one attached hydrogen (secondary N) is 3. The average Bonchev–Trinajstić information content (AvgIpc) is 3.24. The molecule has 3 N–H and O–H groups in total. The third-order valence-corrected chi connectivity index (χ3v) is 5.67. The van der Waals surface area contributed by atoms with Gasteiger partial charge in [-0.1, -0.05) is 6.07 Å². The van der Waals surface area contributed by atoms with Crippen molar-refractivity contribution in [1.82, 2.24) is 29.9 Å². The van der Waals surface area contributed by atoms with Crippen molar-refractivity contribution in [2.45, 2.75) is 38.4 Å². The van der Waals surface area contributed by atoms with E-state index in [1.165, 1.54) is 0 Å². The second-order valence-electron chi connectivity index (χ2n) is 8.37. The summed E-state index contributed by atoms with van der Waals surface area (Å²) in [5.41, 5.74) is 4.57. The molecule has 176 valence electrons. The molecule has 34 heavy (non-hydrogen) atoms. The molecule has 0 atom stereocenters. The fourth-order valence-corrected chi connectivity index (χ4v) is 3.74. The van der Waals surface area contributed by atoms with E-state index >= 15 is 0 Å². The van der Waals surface area contributed by atoms with Gasteiger partial charge in [0.15, 0.2) is 11.5 Å². The van der Waals surface area contributed by atoms with Crippen LogP contribution in [-0.4, -0.2) is 49.2 Å². The van der Waals surface area contributed by atoms with Crippen molar-refractivity contribution in [3.63, 3.8) is 0 Å². The third-order valence-electron chi connectivity index (χ3n) is 5.67. The number of aromatic nitrogens is 5. The number of H-pyrrole nitrogens is 1. The van der Waals surface area contributed by atoms with Crippen LogP contribution in [0.1, 0.15) is 35.2 Å². The molecule has 3 heterocycles. The Bertz CT molecular complexity index is 1340. The summed E-state index contributed by atoms with van der Waals surface area (Å²) in [6.45, 7) is 1.55. The predicted molar refractivity (Wildman–Crippen MR) is 120 cm³/mol. The van der Waals surface area contributed by atoms with Crippen molar-refractivity contribution in [1.29, 1.82) is 0 Å². The third kappa shape index (κ3) is 4.59. The van der Waals surface area contributed by atoms with Crippen LogP contribution in [0.4, 0.5) is 19.0 Å². The average molecular weight is 469 g/mol. The maximum Gasteiger partial charge on any atom is 0.390 e. The Morgan fingerprint density at radius 2 is 2.06 bits per heavy atom. The molecular weight excluding hydrogens is 447 g/mol. The zero-order chi connectivity index (χ0) is 23.9. The minimum Gasteiger partial charge on any atom is -0.367 e. The number of amides is 1. The van der Waals surface area contributed by atoms with Gasteiger partial charge in [0.2, 0.25) is 0 Å². The molecule has 0 bridgehead atoms. The summed E-state index contributed by atoms with van der Waals surface area (Å²) in [5, 5.41) is 12.4. The largest absolute Gasteiger partial charge is 0.390 e. The highest BCUT2D eigenvalue weighted by Gasteiger charge is 2.27. The van der Waals surface area contributed by atoms with Crippen LogP contribution in [0.25, 0.3) is 28.2 Å². The molecule has 1 fully saturated rings. The fourth-order valence-electron chi connectivity index (χ4n) is 3.74. The number of carbonyl (C=O) groups excluding carboxylic acids is 1. The Morgan fingerprint density at radius 1 is 1.24 bits per heavy atom. The topological polar surface area (TPSA) is 100 Å². The van der Waals surface area contributed by atoms with Crippen LogP contribution < -0.4 is 10.6 Å². The van der Waals surface area contributed by atoms with Crippen LogP contribution in [0.3, 0.4) is 0 Å². The lowest BCUT2D eigenvalue weighted by Crippen LogP contribution is -2.26. The highest BCUT2D eigenvalue weighted by molar-refractivity contribution is 5.96. The molecule has 8 nitrogen and oxygen atoms in total. The van der Waals surface area contributed by atoms with E-state index in [0.717, 1.165) is 29.7 Å². The monoisotopic (exact) mass is 469 g/mol. The van der Waals surface area contributed by atoms with Crippen molar-refractivity contribution in [3.8, 4) is 22.5 Å². The first kappa shape index (κ1) is 21.9. The van der Waals surface area contributed by atoms with E-state index < -0.39 is 12.6 Å². The number of benzene rings is 1. The fraction of sp³-hybridized carbons (Fsp3) is 0.304. The van der Waals surface area contributed by atoms with Crippen LogP contribution >= 0.6 is 0 Å². The minimum absolute atomic E-state index is 0.0905. The smallest absolute Gasteiger partial charge is 0.367 e. The molecule has 1 aromatic carbocycles. The molecule has 1 aliphatic carbocycles. The molecule has 0 aliphatic heterocycles. The molecule has 4 aromatic rings. The van der Waals surface area contributed by atoms with Crippen molar-refractivity contribution >= 4 is 17.4 Å². The van der Waals surface area contributed by atoms with Gasteiger partial charge in [0, 0.05) is 41.7 Å². The van der Waals surface area contributed by atoms with Crippen LogP contribution in [0.15, 0.2) is 43.0 Å². The van der Waals surface area contributed by atoms with Crippen molar-refractivity contribution in [2.24, 2.45) is 0 Å². The van der Waals surface area contributed by atoms with Crippen molar-refractivity contribution in [3.05, 3.63) is 54.1 Å². The first-order chi connectivity index (χ1) is 16.3. The highest BCUT2D eigenvalue weighted by Crippen LogP contribution is 2.29. The van der Waals surface area contributed by atoms with Gasteiger partial charge in [0.1, 0.15) is 0 Å². The lowest BCUT2D eigenvalue weighted by atomic mass is 10.0. The number of anilines is 1. The number of rotatable bonds is 7. The zero-order valence-corrected chi connectivity index (χ0v) is 18.3. The second-order valence-corrected chi connectivity index (χ2v) is 8.37. The summed E-state index contributed by atoms with van der Waals surface area (Å²) >= 11 is 0. The molecule has 1 amide bonds. The van der Waals surface area contributed by atoms with Crippen LogP contribution in [0.5, 0.6) is 0 Å². The van der Waals surface area contributed by atoms with E-state index in [4.69, 9.17) is 0 Å². The van der Waals surface area contributed by atoms with Crippen LogP contribution in [-0.2, 0) is 0 Å². The maximum absolute atomic E-state index is 12.7. The van der Waals surface area contributed by atoms with E-state index in [1.807, 2.05) is 19.1 Å². The highest BCUT2D eigenvalue weighted by atomic mass is 19.4. The number of aryl methyl sites for hydroxylation is 1. The van der Waals surface area contributed by atoms with E-state index in [-0.39, 0.29) is 24.3 Å². The standard InChI is InChI=1S/C23H22F3N7O/c1-13-8-14(2-5-17(13)22(34)31-16-3-4-16)19-11-28-21-20(27-7-6-23(24,25)26)32-18(12-33(19)21)15-9-29-30-10-15/h2,5,8-12,16H,3-4,6-7H2,1H3,(H,27,32)(H,29,30)(H,31,34). The number of fused-ring (bicyclic) bond motifs is 1. The van der Waals surface area contributed by atoms with Gasteiger partial charge < -0.3 is 10.6 Å². The number of nitrogens with zero attached hydrogens (tertiary/aromatic N) is 4. The number of alkyl halides is 3. The molecule has 0 radical (unpaired) electrons. The summed E-state index contributed by atoms with van der Waals surface area (Å²) in [5.74, 6) is 0.152. The Kier molecular flexibility index (Phi) is 5.46. The maximum atomic E-state index is 12.7. The predicted octanol–water partition coefficient (Wildman–Crippen LogP) is 4.35. The van der Waals surface area contributed by atoms with Gasteiger partial charge in [-0.15, -0.1) is 0 Å². The molecule has 5 rings (SSSR count). The first-order valence-corrected chi connectivity index (χ1v) is 10.9. The molecular formula is C23H22F3N7O. The molecule has 1 saturated carbocycles. The lowest BCUT2D eigenvalue weighted by Gasteiger charge is -2.12. The van der Waals surface area contributed by atoms with Crippen LogP contribution in [0.2, 0.25) is 0 Å². The lowest BCUT2D eigenvalue weighted by molar-refractivity contribution is -0.131. The quantitative estimate of drug-likeness (QED) is 0.374. The Hall–Kier alpha value is -3.89. The Labute approximate surface area is 192 Å². The van der Waals surface area contributed by atoms with Crippen molar-refractivity contribution < 1.29 is 18.0 Å². The number of hydrogen-bond acceptors (Lipinski definition) is 5. The van der Waals surface area contributed by atoms with Crippen LogP contribution in [0, 0.1) is 6.92 Å². The van der Waals surface area contributed by atoms with Gasteiger partial charge in [-0.25, -0.2) is 9.97 Å². The van der Waals surface area contributed by atoms with E-state index in [1.54, 1.807) is 35.3 Å². The molecule has 1 aliphatic rings. The summed E-state index contributed by atoms with van der Waals surface area (Å²) in [6, 6.07) is 5.79. The summed E-state index contributed by atoms with van der Waals surface area (Å²) in [6.07, 6.45) is 3.40. The van der Waals surface area contributed by atoms with E-state index in [0.29, 0.717) is 22.5 Å². The van der Waals surface area contributed by atoms with Gasteiger partial charge >= 0.3 is 6.18 Å². The van der Waals surface area contributed by atoms with Gasteiger partial charge in [0.05, 0.1) is 30.2 Å². The Balaban J connectivity index is 1.52. The number of carbonyl (C=O) groups is 1. The summed E-state index contributed by atoms with van der Waals surface area (Å²) in [7, 11) is 0. The van der Waals surface area contributed by atoms with Gasteiger partial charge in [-0.05, 0) is 37.5 Å². The first-order valence-electron chi connectivity index (χ1n) is 10.9. The van der Waals surface area contributed by atoms with Gasteiger partial charge in [0.25, 0.3) is 5.91 Å². The van der Waals surface area contributed by atoms with Crippen molar-refractivity contribution in [2.75, 3.05) is 11.9 Å². The minimum atomic E-state index is -4.28. The second kappa shape index (κ2) is 8.47. The van der Waals surface area contributed by atoms with E-state index in [2.05, 4.69) is 30.8 Å². The molecule has 11 heteroatoms. The Morgan fingerprint density at radius 3 is 2.74 bits per heavy atom. The normalized spacial score (nSPS) is 13.9. The van der Waals surface area contributed by atoms with Gasteiger partial charge in [-0.3, -0.25) is 14.3 Å². The molecule has 3 aromatic heterocycles. The number of imidazole rings is 1. The summed E-state index contributed by atoms with van der Waals surface area (Å²) in [4.78, 5) is 21.4. The zero-order valence-electron chi connectivity index (χ0n) is 18.3.